The molecule has 1 aromatic carbocycles. The Bertz CT molecular complexity index is 372. The Morgan fingerprint density at radius 1 is 1.18 bits per heavy atom. The zero-order valence-electron chi connectivity index (χ0n) is 9.70. The summed E-state index contributed by atoms with van der Waals surface area (Å²) in [4.78, 5) is 4.39. The quantitative estimate of drug-likeness (QED) is 0.782. The van der Waals surface area contributed by atoms with Crippen LogP contribution < -0.4 is 15.4 Å². The Balaban J connectivity index is 3.15. The standard InChI is InChI=1S/C11H15F2NO3/c1-15-9-5-7(3-4-17-14)8(11(12)13)6-10(9)16-2/h5-6,11H,3-4,14H2,1-2H3. The molecule has 0 aliphatic carbocycles. The van der Waals surface area contributed by atoms with E-state index in [0.29, 0.717) is 11.3 Å². The van der Waals surface area contributed by atoms with Crippen LogP contribution in [0.3, 0.4) is 0 Å². The van der Waals surface area contributed by atoms with Crippen molar-refractivity contribution in [3.05, 3.63) is 23.3 Å². The molecule has 0 saturated carbocycles. The Kier molecular flexibility index (Phi) is 5.11. The van der Waals surface area contributed by atoms with Gasteiger partial charge in [-0.3, -0.25) is 0 Å². The zero-order valence-corrected chi connectivity index (χ0v) is 9.70. The minimum absolute atomic E-state index is 0.0975. The van der Waals surface area contributed by atoms with Gasteiger partial charge in [0.15, 0.2) is 11.5 Å². The van der Waals surface area contributed by atoms with E-state index in [9.17, 15) is 8.78 Å². The number of hydrogen-bond donors (Lipinski definition) is 1. The Labute approximate surface area is 98.2 Å². The van der Waals surface area contributed by atoms with Crippen molar-refractivity contribution in [3.8, 4) is 11.5 Å². The molecule has 0 atom stereocenters. The van der Waals surface area contributed by atoms with Crippen molar-refractivity contribution in [1.82, 2.24) is 0 Å². The molecular formula is C11H15F2NO3. The van der Waals surface area contributed by atoms with Gasteiger partial charge in [0.25, 0.3) is 6.43 Å². The second-order valence-electron chi connectivity index (χ2n) is 3.33. The van der Waals surface area contributed by atoms with E-state index in [2.05, 4.69) is 4.84 Å². The Hall–Kier alpha value is -1.40. The third-order valence-electron chi connectivity index (χ3n) is 2.37. The first kappa shape index (κ1) is 13.7. The summed E-state index contributed by atoms with van der Waals surface area (Å²) in [5.41, 5.74) is 0.336. The van der Waals surface area contributed by atoms with E-state index in [1.165, 1.54) is 26.4 Å². The molecule has 0 aliphatic rings. The molecule has 0 amide bonds. The van der Waals surface area contributed by atoms with Crippen molar-refractivity contribution in [1.29, 1.82) is 0 Å². The van der Waals surface area contributed by atoms with Crippen LogP contribution in [0.5, 0.6) is 11.5 Å². The number of nitrogens with two attached hydrogens (primary N) is 1. The highest BCUT2D eigenvalue weighted by Crippen LogP contribution is 2.35. The maximum atomic E-state index is 12.8. The van der Waals surface area contributed by atoms with Crippen molar-refractivity contribution in [2.75, 3.05) is 20.8 Å². The summed E-state index contributed by atoms with van der Waals surface area (Å²) in [6.07, 6.45) is -2.29. The smallest absolute Gasteiger partial charge is 0.264 e. The van der Waals surface area contributed by atoms with Gasteiger partial charge in [-0.1, -0.05) is 0 Å². The van der Waals surface area contributed by atoms with Crippen molar-refractivity contribution in [2.24, 2.45) is 5.90 Å². The van der Waals surface area contributed by atoms with Gasteiger partial charge < -0.3 is 14.3 Å². The first-order valence-electron chi connectivity index (χ1n) is 4.98. The highest BCUT2D eigenvalue weighted by atomic mass is 19.3. The number of hydrogen-bond acceptors (Lipinski definition) is 4. The van der Waals surface area contributed by atoms with Gasteiger partial charge in [0, 0.05) is 5.56 Å². The summed E-state index contributed by atoms with van der Waals surface area (Å²) in [7, 11) is 2.85. The Morgan fingerprint density at radius 3 is 2.24 bits per heavy atom. The number of benzene rings is 1. The molecule has 4 nitrogen and oxygen atoms in total. The van der Waals surface area contributed by atoms with Gasteiger partial charge in [-0.05, 0) is 24.1 Å². The van der Waals surface area contributed by atoms with Gasteiger partial charge in [-0.25, -0.2) is 14.7 Å². The molecule has 2 N–H and O–H groups in total. The van der Waals surface area contributed by atoms with Crippen molar-refractivity contribution in [2.45, 2.75) is 12.8 Å². The number of ether oxygens (including phenoxy) is 2. The second-order valence-corrected chi connectivity index (χ2v) is 3.33. The fraction of sp³-hybridized carbons (Fsp3) is 0.455. The van der Waals surface area contributed by atoms with E-state index in [1.807, 2.05) is 0 Å². The molecule has 0 aromatic heterocycles. The van der Waals surface area contributed by atoms with E-state index in [4.69, 9.17) is 15.4 Å². The lowest BCUT2D eigenvalue weighted by Crippen LogP contribution is -2.06. The number of rotatable bonds is 6. The van der Waals surface area contributed by atoms with Crippen LogP contribution >= 0.6 is 0 Å². The maximum Gasteiger partial charge on any atom is 0.264 e. The molecule has 0 aliphatic heterocycles. The molecule has 0 heterocycles. The lowest BCUT2D eigenvalue weighted by atomic mass is 10.0. The second kappa shape index (κ2) is 6.36. The van der Waals surface area contributed by atoms with Crippen LogP contribution in [0.15, 0.2) is 12.1 Å². The van der Waals surface area contributed by atoms with E-state index in [-0.39, 0.29) is 24.3 Å². The summed E-state index contributed by atoms with van der Waals surface area (Å²) >= 11 is 0. The van der Waals surface area contributed by atoms with Crippen LogP contribution in [-0.4, -0.2) is 20.8 Å². The monoisotopic (exact) mass is 247 g/mol. The molecule has 0 unspecified atom stereocenters. The third kappa shape index (κ3) is 3.28. The molecule has 0 radical (unpaired) electrons. The van der Waals surface area contributed by atoms with E-state index in [1.54, 1.807) is 0 Å². The lowest BCUT2D eigenvalue weighted by molar-refractivity contribution is 0.135. The summed E-state index contributed by atoms with van der Waals surface area (Å²) in [6.45, 7) is 0.162. The number of alkyl halides is 2. The lowest BCUT2D eigenvalue weighted by Gasteiger charge is -2.14. The summed E-state index contributed by atoms with van der Waals surface area (Å²) in [6, 6.07) is 2.79. The van der Waals surface area contributed by atoms with Gasteiger partial charge in [-0.15, -0.1) is 0 Å². The summed E-state index contributed by atoms with van der Waals surface area (Å²) in [5.74, 6) is 5.57. The zero-order chi connectivity index (χ0) is 12.8. The average molecular weight is 247 g/mol. The largest absolute Gasteiger partial charge is 0.493 e. The topological polar surface area (TPSA) is 53.7 Å². The van der Waals surface area contributed by atoms with Crippen molar-refractivity contribution < 1.29 is 23.1 Å². The fourth-order valence-electron chi connectivity index (χ4n) is 1.53. The predicted octanol–water partition coefficient (Wildman–Crippen LogP) is 2.07. The molecule has 0 saturated heterocycles. The van der Waals surface area contributed by atoms with Gasteiger partial charge in [0.2, 0.25) is 0 Å². The predicted molar refractivity (Wildman–Crippen MR) is 58.3 cm³/mol. The highest BCUT2D eigenvalue weighted by Gasteiger charge is 2.17. The summed E-state index contributed by atoms with van der Waals surface area (Å²) < 4.78 is 35.7. The van der Waals surface area contributed by atoms with Gasteiger partial charge in [0.05, 0.1) is 20.8 Å². The summed E-state index contributed by atoms with van der Waals surface area (Å²) in [5, 5.41) is 0. The van der Waals surface area contributed by atoms with E-state index in [0.717, 1.165) is 0 Å². The van der Waals surface area contributed by atoms with Crippen LogP contribution in [-0.2, 0) is 11.3 Å². The fourth-order valence-corrected chi connectivity index (χ4v) is 1.53. The maximum absolute atomic E-state index is 12.8. The minimum atomic E-state index is -2.58. The Morgan fingerprint density at radius 2 is 1.76 bits per heavy atom. The molecule has 96 valence electrons. The molecule has 6 heteroatoms. The van der Waals surface area contributed by atoms with Gasteiger partial charge in [-0.2, -0.15) is 0 Å². The van der Waals surface area contributed by atoms with Crippen LogP contribution in [0, 0.1) is 0 Å². The molecule has 17 heavy (non-hydrogen) atoms. The number of methoxy groups -OCH3 is 2. The van der Waals surface area contributed by atoms with Gasteiger partial charge in [0.1, 0.15) is 0 Å². The number of halogens is 2. The van der Waals surface area contributed by atoms with Crippen LogP contribution in [0.4, 0.5) is 8.78 Å². The average Bonchev–Trinajstić information content (AvgIpc) is 2.34. The molecule has 1 rings (SSSR count). The molecule has 0 spiro atoms. The molecule has 0 bridgehead atoms. The van der Waals surface area contributed by atoms with Crippen LogP contribution in [0.1, 0.15) is 17.6 Å². The SMILES string of the molecule is COc1cc(CCON)c(C(F)F)cc1OC. The van der Waals surface area contributed by atoms with Crippen LogP contribution in [0.25, 0.3) is 0 Å². The molecule has 1 aromatic rings. The molecule has 0 fully saturated rings. The van der Waals surface area contributed by atoms with Gasteiger partial charge >= 0.3 is 0 Å². The van der Waals surface area contributed by atoms with Crippen molar-refractivity contribution in [3.63, 3.8) is 0 Å². The minimum Gasteiger partial charge on any atom is -0.493 e. The first-order valence-corrected chi connectivity index (χ1v) is 4.98. The highest BCUT2D eigenvalue weighted by molar-refractivity contribution is 5.48. The van der Waals surface area contributed by atoms with Crippen LogP contribution in [0.2, 0.25) is 0 Å². The molecular weight excluding hydrogens is 232 g/mol. The normalized spacial score (nSPS) is 10.7. The van der Waals surface area contributed by atoms with E-state index < -0.39 is 6.43 Å². The first-order chi connectivity index (χ1) is 8.13. The third-order valence-corrected chi connectivity index (χ3v) is 2.37. The van der Waals surface area contributed by atoms with Crippen molar-refractivity contribution >= 4 is 0 Å². The van der Waals surface area contributed by atoms with E-state index >= 15 is 0 Å².